The maximum Gasteiger partial charge on any atom is 0.435 e. The number of amides is 1. The van der Waals surface area contributed by atoms with E-state index in [0.717, 1.165) is 12.8 Å². The molecule has 0 saturated heterocycles. The molecule has 24 heavy (non-hydrogen) atoms. The van der Waals surface area contributed by atoms with Gasteiger partial charge < -0.3 is 5.32 Å². The molecule has 0 bridgehead atoms. The van der Waals surface area contributed by atoms with E-state index in [-0.39, 0.29) is 19.0 Å². The molecule has 0 saturated carbocycles. The van der Waals surface area contributed by atoms with Crippen LogP contribution in [0.5, 0.6) is 0 Å². The zero-order chi connectivity index (χ0) is 17.2. The van der Waals surface area contributed by atoms with Crippen LogP contribution in [-0.4, -0.2) is 27.2 Å². The van der Waals surface area contributed by atoms with Crippen molar-refractivity contribution in [2.24, 2.45) is 0 Å². The molecule has 0 aromatic carbocycles. The normalized spacial score (nSPS) is 14.3. The highest BCUT2D eigenvalue weighted by molar-refractivity contribution is 5.93. The molecular weight excluding hydrogens is 321 g/mol. The van der Waals surface area contributed by atoms with Crippen molar-refractivity contribution in [3.63, 3.8) is 0 Å². The van der Waals surface area contributed by atoms with Gasteiger partial charge in [-0.1, -0.05) is 0 Å². The van der Waals surface area contributed by atoms with Gasteiger partial charge in [-0.2, -0.15) is 18.3 Å². The number of aromatic nitrogens is 3. The Kier molecular flexibility index (Phi) is 4.55. The van der Waals surface area contributed by atoms with Crippen molar-refractivity contribution in [1.82, 2.24) is 20.1 Å². The summed E-state index contributed by atoms with van der Waals surface area (Å²) < 4.78 is 40.7. The lowest BCUT2D eigenvalue weighted by atomic mass is 9.95. The summed E-state index contributed by atoms with van der Waals surface area (Å²) in [6.07, 6.45) is 1.17. The highest BCUT2D eigenvalue weighted by atomic mass is 19.4. The van der Waals surface area contributed by atoms with E-state index in [2.05, 4.69) is 15.4 Å². The number of rotatable bonds is 4. The Balaban J connectivity index is 1.69. The van der Waals surface area contributed by atoms with E-state index in [1.165, 1.54) is 10.9 Å². The minimum absolute atomic E-state index is 0.207. The Labute approximate surface area is 136 Å². The molecule has 1 aliphatic carbocycles. The minimum atomic E-state index is -4.44. The van der Waals surface area contributed by atoms with Crippen LogP contribution in [0.15, 0.2) is 24.5 Å². The van der Waals surface area contributed by atoms with Crippen molar-refractivity contribution >= 4 is 5.91 Å². The van der Waals surface area contributed by atoms with Crippen molar-refractivity contribution in [3.8, 4) is 0 Å². The molecule has 1 N–H and O–H groups in total. The van der Waals surface area contributed by atoms with Crippen LogP contribution in [0.25, 0.3) is 0 Å². The molecule has 128 valence electrons. The van der Waals surface area contributed by atoms with Crippen molar-refractivity contribution < 1.29 is 18.0 Å². The summed E-state index contributed by atoms with van der Waals surface area (Å²) in [5.41, 5.74) is 0.586. The summed E-state index contributed by atoms with van der Waals surface area (Å²) in [6, 6.07) is 3.27. The summed E-state index contributed by atoms with van der Waals surface area (Å²) in [7, 11) is 0. The molecule has 1 aliphatic rings. The number of halogens is 3. The van der Waals surface area contributed by atoms with Gasteiger partial charge in [-0.25, -0.2) is 0 Å². The fourth-order valence-corrected chi connectivity index (χ4v) is 2.96. The largest absolute Gasteiger partial charge is 0.435 e. The van der Waals surface area contributed by atoms with Crippen LogP contribution in [0, 0.1) is 0 Å². The predicted molar refractivity (Wildman–Crippen MR) is 80.4 cm³/mol. The molecule has 1 amide bonds. The second-order valence-corrected chi connectivity index (χ2v) is 5.70. The first-order chi connectivity index (χ1) is 11.5. The number of nitrogens with one attached hydrogen (secondary N) is 1. The van der Waals surface area contributed by atoms with Gasteiger partial charge in [0.05, 0.1) is 12.1 Å². The Bertz CT molecular complexity index is 725. The zero-order valence-electron chi connectivity index (χ0n) is 12.9. The molecule has 3 rings (SSSR count). The number of pyridine rings is 1. The van der Waals surface area contributed by atoms with Crippen LogP contribution in [0.1, 0.15) is 40.2 Å². The van der Waals surface area contributed by atoms with Gasteiger partial charge in [0.15, 0.2) is 5.69 Å². The van der Waals surface area contributed by atoms with Crippen molar-refractivity contribution in [1.29, 1.82) is 0 Å². The quantitative estimate of drug-likeness (QED) is 0.932. The molecule has 2 heterocycles. The van der Waals surface area contributed by atoms with Crippen LogP contribution in [-0.2, 0) is 25.6 Å². The van der Waals surface area contributed by atoms with E-state index in [1.807, 2.05) is 0 Å². The van der Waals surface area contributed by atoms with E-state index in [1.54, 1.807) is 18.3 Å². The van der Waals surface area contributed by atoms with Gasteiger partial charge in [-0.15, -0.1) is 0 Å². The number of hydrogen-bond donors (Lipinski definition) is 1. The summed E-state index contributed by atoms with van der Waals surface area (Å²) in [6.45, 7) is 0.420. The van der Waals surface area contributed by atoms with Gasteiger partial charge in [0.25, 0.3) is 5.91 Å². The van der Waals surface area contributed by atoms with Gasteiger partial charge in [-0.3, -0.25) is 14.5 Å². The SMILES string of the molecule is O=C(NCCn1nc(C(F)(F)F)c2c1CCCC2)c1cccnc1. The third-order valence-electron chi connectivity index (χ3n) is 4.06. The molecule has 2 aromatic rings. The van der Waals surface area contributed by atoms with Crippen LogP contribution in [0.2, 0.25) is 0 Å². The lowest BCUT2D eigenvalue weighted by Gasteiger charge is -2.15. The number of hydrogen-bond acceptors (Lipinski definition) is 3. The summed E-state index contributed by atoms with van der Waals surface area (Å²) in [4.78, 5) is 15.8. The first kappa shape index (κ1) is 16.5. The Morgan fingerprint density at radius 2 is 2.08 bits per heavy atom. The van der Waals surface area contributed by atoms with Crippen molar-refractivity contribution in [2.75, 3.05) is 6.54 Å². The Morgan fingerprint density at radius 3 is 2.79 bits per heavy atom. The lowest BCUT2D eigenvalue weighted by molar-refractivity contribution is -0.142. The number of alkyl halides is 3. The van der Waals surface area contributed by atoms with Gasteiger partial charge in [0, 0.05) is 30.2 Å². The van der Waals surface area contributed by atoms with Crippen LogP contribution < -0.4 is 5.32 Å². The predicted octanol–water partition coefficient (Wildman–Crippen LogP) is 2.61. The third kappa shape index (κ3) is 3.42. The topological polar surface area (TPSA) is 59.8 Å². The molecule has 0 fully saturated rings. The smallest absolute Gasteiger partial charge is 0.350 e. The molecular formula is C16H17F3N4O. The summed E-state index contributed by atoms with van der Waals surface area (Å²) in [5, 5.41) is 6.44. The Morgan fingerprint density at radius 1 is 1.29 bits per heavy atom. The van der Waals surface area contributed by atoms with Crippen LogP contribution in [0.3, 0.4) is 0 Å². The molecule has 0 spiro atoms. The molecule has 0 radical (unpaired) electrons. The number of carbonyl (C=O) groups excluding carboxylic acids is 1. The van der Waals surface area contributed by atoms with Crippen LogP contribution in [0.4, 0.5) is 13.2 Å². The second kappa shape index (κ2) is 6.62. The first-order valence-electron chi connectivity index (χ1n) is 7.81. The van der Waals surface area contributed by atoms with E-state index >= 15 is 0 Å². The number of carbonyl (C=O) groups is 1. The van der Waals surface area contributed by atoms with Gasteiger partial charge >= 0.3 is 6.18 Å². The standard InChI is InChI=1S/C16H17F3N4O/c17-16(18,19)14-12-5-1-2-6-13(12)23(22-14)9-8-21-15(24)11-4-3-7-20-10-11/h3-4,7,10H,1-2,5-6,8-9H2,(H,21,24). The maximum absolute atomic E-state index is 13.1. The van der Waals surface area contributed by atoms with Crippen molar-refractivity contribution in [2.45, 2.75) is 38.4 Å². The summed E-state index contributed by atoms with van der Waals surface area (Å²) >= 11 is 0. The summed E-state index contributed by atoms with van der Waals surface area (Å²) in [5.74, 6) is -0.305. The van der Waals surface area contributed by atoms with Gasteiger partial charge in [0.2, 0.25) is 0 Å². The monoisotopic (exact) mass is 338 g/mol. The van der Waals surface area contributed by atoms with E-state index in [0.29, 0.717) is 29.7 Å². The van der Waals surface area contributed by atoms with Crippen molar-refractivity contribution in [3.05, 3.63) is 47.0 Å². The fraction of sp³-hybridized carbons (Fsp3) is 0.438. The van der Waals surface area contributed by atoms with Gasteiger partial charge in [-0.05, 0) is 37.8 Å². The molecule has 2 aromatic heterocycles. The maximum atomic E-state index is 13.1. The highest BCUT2D eigenvalue weighted by Crippen LogP contribution is 2.35. The first-order valence-corrected chi connectivity index (χ1v) is 7.81. The average Bonchev–Trinajstić information content (AvgIpc) is 2.95. The molecule has 5 nitrogen and oxygen atoms in total. The van der Waals surface area contributed by atoms with Gasteiger partial charge in [0.1, 0.15) is 0 Å². The molecule has 8 heteroatoms. The zero-order valence-corrected chi connectivity index (χ0v) is 12.9. The molecule has 0 unspecified atom stereocenters. The minimum Gasteiger partial charge on any atom is -0.350 e. The molecule has 0 aliphatic heterocycles. The molecule has 0 atom stereocenters. The number of fused-ring (bicyclic) bond motifs is 1. The van der Waals surface area contributed by atoms with E-state index in [9.17, 15) is 18.0 Å². The van der Waals surface area contributed by atoms with E-state index in [4.69, 9.17) is 0 Å². The number of nitrogens with zero attached hydrogens (tertiary/aromatic N) is 3. The van der Waals surface area contributed by atoms with E-state index < -0.39 is 11.9 Å². The third-order valence-corrected chi connectivity index (χ3v) is 4.06. The highest BCUT2D eigenvalue weighted by Gasteiger charge is 2.39. The fourth-order valence-electron chi connectivity index (χ4n) is 2.96. The average molecular weight is 338 g/mol. The Hall–Kier alpha value is -2.38. The lowest BCUT2D eigenvalue weighted by Crippen LogP contribution is -2.28. The van der Waals surface area contributed by atoms with Crippen LogP contribution >= 0.6 is 0 Å². The second-order valence-electron chi connectivity index (χ2n) is 5.70.